The van der Waals surface area contributed by atoms with Gasteiger partial charge in [-0.15, -0.1) is 0 Å². The summed E-state index contributed by atoms with van der Waals surface area (Å²) >= 11 is 0. The summed E-state index contributed by atoms with van der Waals surface area (Å²) in [7, 11) is 2.93. The van der Waals surface area contributed by atoms with Crippen LogP contribution in [0.1, 0.15) is 11.1 Å². The van der Waals surface area contributed by atoms with Crippen LogP contribution in [-0.4, -0.2) is 32.2 Å². The number of carbonyl (C=O) groups excluding carboxylic acids is 2. The molecular formula is C24H22FN3O5. The summed E-state index contributed by atoms with van der Waals surface area (Å²) in [5, 5.41) is 6.24. The Kier molecular flexibility index (Phi) is 7.96. The van der Waals surface area contributed by atoms with Crippen LogP contribution in [0.3, 0.4) is 0 Å². The van der Waals surface area contributed by atoms with E-state index in [1.54, 1.807) is 48.5 Å². The van der Waals surface area contributed by atoms with Crippen LogP contribution in [0.15, 0.2) is 71.8 Å². The lowest BCUT2D eigenvalue weighted by molar-refractivity contribution is -0.136. The fourth-order valence-corrected chi connectivity index (χ4v) is 2.75. The Morgan fingerprint density at radius 2 is 1.70 bits per heavy atom. The van der Waals surface area contributed by atoms with Crippen LogP contribution in [0.2, 0.25) is 0 Å². The fourth-order valence-electron chi connectivity index (χ4n) is 2.75. The molecule has 3 aromatic rings. The molecule has 9 heteroatoms. The number of amides is 2. The van der Waals surface area contributed by atoms with Crippen molar-refractivity contribution in [2.24, 2.45) is 5.10 Å². The molecule has 8 nitrogen and oxygen atoms in total. The molecule has 2 amide bonds. The Bertz CT molecular complexity index is 1150. The molecule has 0 aliphatic heterocycles. The summed E-state index contributed by atoms with van der Waals surface area (Å²) in [6.45, 7) is 0.231. The Morgan fingerprint density at radius 1 is 0.939 bits per heavy atom. The van der Waals surface area contributed by atoms with E-state index in [0.717, 1.165) is 0 Å². The van der Waals surface area contributed by atoms with Crippen molar-refractivity contribution in [2.75, 3.05) is 19.5 Å². The van der Waals surface area contributed by atoms with Crippen LogP contribution in [0.25, 0.3) is 0 Å². The molecule has 0 unspecified atom stereocenters. The van der Waals surface area contributed by atoms with Crippen LogP contribution < -0.4 is 25.0 Å². The van der Waals surface area contributed by atoms with Crippen molar-refractivity contribution < 1.29 is 28.2 Å². The highest BCUT2D eigenvalue weighted by atomic mass is 19.1. The first-order chi connectivity index (χ1) is 16.0. The average Bonchev–Trinajstić information content (AvgIpc) is 2.83. The Morgan fingerprint density at radius 3 is 2.39 bits per heavy atom. The van der Waals surface area contributed by atoms with Gasteiger partial charge in [0.05, 0.1) is 26.1 Å². The Balaban J connectivity index is 1.51. The van der Waals surface area contributed by atoms with Crippen molar-refractivity contribution in [3.05, 3.63) is 83.7 Å². The normalized spacial score (nSPS) is 10.5. The predicted octanol–water partition coefficient (Wildman–Crippen LogP) is 3.51. The topological polar surface area (TPSA) is 98.2 Å². The second-order valence-electron chi connectivity index (χ2n) is 6.71. The molecule has 0 spiro atoms. The van der Waals surface area contributed by atoms with Crippen molar-refractivity contribution in [1.82, 2.24) is 5.43 Å². The highest BCUT2D eigenvalue weighted by molar-refractivity contribution is 6.39. The van der Waals surface area contributed by atoms with Crippen molar-refractivity contribution in [3.8, 4) is 17.2 Å². The van der Waals surface area contributed by atoms with Crippen LogP contribution in [0, 0.1) is 5.82 Å². The lowest BCUT2D eigenvalue weighted by Gasteiger charge is -2.11. The van der Waals surface area contributed by atoms with Crippen molar-refractivity contribution in [1.29, 1.82) is 0 Å². The number of hydrogen-bond acceptors (Lipinski definition) is 6. The zero-order chi connectivity index (χ0) is 23.6. The summed E-state index contributed by atoms with van der Waals surface area (Å²) in [5.41, 5.74) is 3.84. The Labute approximate surface area is 190 Å². The summed E-state index contributed by atoms with van der Waals surface area (Å²) in [4.78, 5) is 24.2. The van der Waals surface area contributed by atoms with Gasteiger partial charge in [0.25, 0.3) is 0 Å². The van der Waals surface area contributed by atoms with E-state index in [-0.39, 0.29) is 18.1 Å². The number of hydrazone groups is 1. The van der Waals surface area contributed by atoms with Gasteiger partial charge in [-0.05, 0) is 59.7 Å². The van der Waals surface area contributed by atoms with Gasteiger partial charge in [-0.2, -0.15) is 5.10 Å². The lowest BCUT2D eigenvalue weighted by atomic mass is 10.2. The molecule has 0 aromatic heterocycles. The van der Waals surface area contributed by atoms with Gasteiger partial charge < -0.3 is 19.5 Å². The minimum atomic E-state index is -0.953. The van der Waals surface area contributed by atoms with Crippen molar-refractivity contribution >= 4 is 23.7 Å². The number of anilines is 1. The van der Waals surface area contributed by atoms with Gasteiger partial charge in [0.1, 0.15) is 29.7 Å². The molecule has 0 radical (unpaired) electrons. The van der Waals surface area contributed by atoms with Crippen LogP contribution in [0.4, 0.5) is 10.1 Å². The molecule has 0 saturated carbocycles. The smallest absolute Gasteiger partial charge is 0.329 e. The molecule has 0 aliphatic carbocycles. The molecule has 0 aliphatic rings. The zero-order valence-electron chi connectivity index (χ0n) is 18.0. The first-order valence-electron chi connectivity index (χ1n) is 9.82. The maximum absolute atomic E-state index is 13.2. The van der Waals surface area contributed by atoms with Gasteiger partial charge in [0.2, 0.25) is 0 Å². The second-order valence-corrected chi connectivity index (χ2v) is 6.71. The molecule has 33 heavy (non-hydrogen) atoms. The van der Waals surface area contributed by atoms with Gasteiger partial charge in [-0.25, -0.2) is 9.82 Å². The Hall–Kier alpha value is -4.40. The second kappa shape index (κ2) is 11.3. The van der Waals surface area contributed by atoms with Gasteiger partial charge in [-0.1, -0.05) is 12.1 Å². The van der Waals surface area contributed by atoms with Crippen molar-refractivity contribution in [3.63, 3.8) is 0 Å². The number of hydrogen-bond donors (Lipinski definition) is 2. The number of carbonyl (C=O) groups is 2. The van der Waals surface area contributed by atoms with Crippen LogP contribution in [0.5, 0.6) is 17.2 Å². The molecule has 2 N–H and O–H groups in total. The lowest BCUT2D eigenvalue weighted by Crippen LogP contribution is -2.32. The fraction of sp³-hybridized carbons (Fsp3) is 0.125. The first-order valence-corrected chi connectivity index (χ1v) is 9.82. The monoisotopic (exact) mass is 451 g/mol. The largest absolute Gasteiger partial charge is 0.497 e. The predicted molar refractivity (Wildman–Crippen MR) is 121 cm³/mol. The van der Waals surface area contributed by atoms with E-state index in [1.807, 2.05) is 0 Å². The summed E-state index contributed by atoms with van der Waals surface area (Å²) in [5.74, 6) is -0.730. The first kappa shape index (κ1) is 23.3. The minimum Gasteiger partial charge on any atom is -0.497 e. The number of benzene rings is 3. The summed E-state index contributed by atoms with van der Waals surface area (Å²) < 4.78 is 29.1. The quantitative estimate of drug-likeness (QED) is 0.310. The maximum Gasteiger partial charge on any atom is 0.329 e. The van der Waals surface area contributed by atoms with Gasteiger partial charge in [-0.3, -0.25) is 9.59 Å². The van der Waals surface area contributed by atoms with Gasteiger partial charge in [0, 0.05) is 6.07 Å². The highest BCUT2D eigenvalue weighted by Crippen LogP contribution is 2.28. The number of rotatable bonds is 8. The van der Waals surface area contributed by atoms with Gasteiger partial charge >= 0.3 is 11.8 Å². The third kappa shape index (κ3) is 6.79. The molecule has 0 bridgehead atoms. The average molecular weight is 451 g/mol. The molecule has 0 fully saturated rings. The summed E-state index contributed by atoms with van der Waals surface area (Å²) in [6.07, 6.45) is 1.38. The molecule has 0 heterocycles. The van der Waals surface area contributed by atoms with E-state index in [4.69, 9.17) is 14.2 Å². The van der Waals surface area contributed by atoms with E-state index in [2.05, 4.69) is 15.8 Å². The molecular weight excluding hydrogens is 429 g/mol. The van der Waals surface area contributed by atoms with E-state index in [1.165, 1.54) is 38.6 Å². The minimum absolute atomic E-state index is 0.231. The van der Waals surface area contributed by atoms with Crippen LogP contribution in [-0.2, 0) is 16.2 Å². The number of halogens is 1. The standard InChI is InChI=1S/C24H22FN3O5/c1-31-20-10-11-22(32-2)21(13-20)27-23(29)24(30)28-26-14-16-6-8-19(9-7-16)33-15-17-4-3-5-18(25)12-17/h3-14H,15H2,1-2H3,(H,27,29)(H,28,30)/b26-14+. The van der Waals surface area contributed by atoms with Crippen LogP contribution >= 0.6 is 0 Å². The van der Waals surface area contributed by atoms with Gasteiger partial charge in [0.15, 0.2) is 0 Å². The van der Waals surface area contributed by atoms with E-state index < -0.39 is 11.8 Å². The zero-order valence-corrected chi connectivity index (χ0v) is 18.0. The molecule has 0 saturated heterocycles. The van der Waals surface area contributed by atoms with E-state index >= 15 is 0 Å². The molecule has 0 atom stereocenters. The molecule has 3 aromatic carbocycles. The molecule has 170 valence electrons. The highest BCUT2D eigenvalue weighted by Gasteiger charge is 2.16. The number of nitrogens with one attached hydrogen (secondary N) is 2. The van der Waals surface area contributed by atoms with E-state index in [0.29, 0.717) is 28.4 Å². The maximum atomic E-state index is 13.2. The third-order valence-corrected chi connectivity index (χ3v) is 4.42. The van der Waals surface area contributed by atoms with E-state index in [9.17, 15) is 14.0 Å². The summed E-state index contributed by atoms with van der Waals surface area (Å²) in [6, 6.07) is 17.8. The number of methoxy groups -OCH3 is 2. The number of nitrogens with zero attached hydrogens (tertiary/aromatic N) is 1. The molecule has 3 rings (SSSR count). The van der Waals surface area contributed by atoms with Crippen molar-refractivity contribution in [2.45, 2.75) is 6.61 Å². The SMILES string of the molecule is COc1ccc(OC)c(NC(=O)C(=O)N/N=C/c2ccc(OCc3cccc(F)c3)cc2)c1. The third-order valence-electron chi connectivity index (χ3n) is 4.42. The number of ether oxygens (including phenoxy) is 3.